The van der Waals surface area contributed by atoms with Gasteiger partial charge in [0.1, 0.15) is 0 Å². The fourth-order valence-electron chi connectivity index (χ4n) is 2.65. The maximum absolute atomic E-state index is 11.7. The second kappa shape index (κ2) is 6.78. The Morgan fingerprint density at radius 3 is 3.11 bits per heavy atom. The van der Waals surface area contributed by atoms with Crippen molar-refractivity contribution >= 4 is 6.03 Å². The number of hydrogen-bond acceptors (Lipinski definition) is 2. The summed E-state index contributed by atoms with van der Waals surface area (Å²) < 4.78 is 5.55. The van der Waals surface area contributed by atoms with E-state index in [9.17, 15) is 4.79 Å². The Morgan fingerprint density at radius 1 is 1.56 bits per heavy atom. The normalized spacial score (nSPS) is 24.7. The number of rotatable bonds is 5. The van der Waals surface area contributed by atoms with Crippen molar-refractivity contribution in [2.24, 2.45) is 0 Å². The average Bonchev–Trinajstić information content (AvgIpc) is 3.02. The molecule has 1 heterocycles. The van der Waals surface area contributed by atoms with Gasteiger partial charge in [0.05, 0.1) is 12.1 Å². The van der Waals surface area contributed by atoms with Crippen LogP contribution in [-0.2, 0) is 4.74 Å². The van der Waals surface area contributed by atoms with Crippen molar-refractivity contribution in [3.05, 3.63) is 11.6 Å². The van der Waals surface area contributed by atoms with Gasteiger partial charge in [-0.05, 0) is 45.4 Å². The molecule has 18 heavy (non-hydrogen) atoms. The lowest BCUT2D eigenvalue weighted by Gasteiger charge is -2.20. The number of allylic oxidation sites excluding steroid dienone is 1. The van der Waals surface area contributed by atoms with Crippen LogP contribution in [0.4, 0.5) is 4.79 Å². The minimum absolute atomic E-state index is 0.0726. The quantitative estimate of drug-likeness (QED) is 0.738. The van der Waals surface area contributed by atoms with Crippen LogP contribution in [0, 0.1) is 0 Å². The minimum atomic E-state index is -0.0726. The van der Waals surface area contributed by atoms with E-state index in [1.165, 1.54) is 24.8 Å². The fourth-order valence-corrected chi connectivity index (χ4v) is 2.65. The summed E-state index contributed by atoms with van der Waals surface area (Å²) in [6.07, 6.45) is 9.32. The number of urea groups is 1. The van der Waals surface area contributed by atoms with Crippen LogP contribution in [0.5, 0.6) is 0 Å². The lowest BCUT2D eigenvalue weighted by Crippen LogP contribution is -2.46. The maximum atomic E-state index is 11.7. The zero-order chi connectivity index (χ0) is 12.8. The van der Waals surface area contributed by atoms with Crippen molar-refractivity contribution in [3.8, 4) is 0 Å². The Kier molecular flexibility index (Phi) is 5.05. The van der Waals surface area contributed by atoms with Gasteiger partial charge in [0.15, 0.2) is 0 Å². The van der Waals surface area contributed by atoms with Crippen LogP contribution >= 0.6 is 0 Å². The molecule has 0 unspecified atom stereocenters. The van der Waals surface area contributed by atoms with Gasteiger partial charge in [0, 0.05) is 13.2 Å². The first-order chi connectivity index (χ1) is 8.75. The molecule has 2 N–H and O–H groups in total. The second-order valence-corrected chi connectivity index (χ2v) is 5.24. The lowest BCUT2D eigenvalue weighted by atomic mass is 10.1. The van der Waals surface area contributed by atoms with E-state index in [1.807, 2.05) is 6.92 Å². The van der Waals surface area contributed by atoms with E-state index in [2.05, 4.69) is 16.7 Å². The molecule has 102 valence electrons. The zero-order valence-corrected chi connectivity index (χ0v) is 11.2. The molecule has 1 aliphatic heterocycles. The van der Waals surface area contributed by atoms with Crippen LogP contribution in [0.2, 0.25) is 0 Å². The highest BCUT2D eigenvalue weighted by Crippen LogP contribution is 2.19. The summed E-state index contributed by atoms with van der Waals surface area (Å²) in [4.78, 5) is 11.7. The standard InChI is InChI=1S/C14H24N2O2/c1-11(13-7-4-10-18-13)16-14(17)15-9-8-12-5-2-3-6-12/h5,11,13H,2-4,6-10H2,1H3,(H2,15,16,17)/t11-,13+/m0/s1. The van der Waals surface area contributed by atoms with Crippen LogP contribution < -0.4 is 10.6 Å². The summed E-state index contributed by atoms with van der Waals surface area (Å²) in [5.74, 6) is 0. The Labute approximate surface area is 109 Å². The molecular weight excluding hydrogens is 228 g/mol. The zero-order valence-electron chi connectivity index (χ0n) is 11.2. The molecule has 0 saturated carbocycles. The molecule has 2 amide bonds. The van der Waals surface area contributed by atoms with E-state index < -0.39 is 0 Å². The van der Waals surface area contributed by atoms with Crippen molar-refractivity contribution in [2.45, 2.75) is 57.6 Å². The first kappa shape index (κ1) is 13.4. The molecule has 0 aromatic rings. The maximum Gasteiger partial charge on any atom is 0.315 e. The SMILES string of the molecule is C[C@H](NC(=O)NCCC1=CCCC1)[C@H]1CCCO1. The third-order valence-corrected chi connectivity index (χ3v) is 3.75. The molecule has 0 aromatic heterocycles. The summed E-state index contributed by atoms with van der Waals surface area (Å²) in [6, 6.07) is 0.0230. The van der Waals surface area contributed by atoms with Gasteiger partial charge in [-0.1, -0.05) is 11.6 Å². The Balaban J connectivity index is 1.59. The van der Waals surface area contributed by atoms with E-state index in [4.69, 9.17) is 4.74 Å². The molecular formula is C14H24N2O2. The minimum Gasteiger partial charge on any atom is -0.376 e. The highest BCUT2D eigenvalue weighted by atomic mass is 16.5. The Hall–Kier alpha value is -1.03. The molecule has 4 heteroatoms. The van der Waals surface area contributed by atoms with Crippen molar-refractivity contribution in [1.82, 2.24) is 10.6 Å². The number of amides is 2. The topological polar surface area (TPSA) is 50.4 Å². The molecule has 0 spiro atoms. The molecule has 1 aliphatic carbocycles. The van der Waals surface area contributed by atoms with Gasteiger partial charge >= 0.3 is 6.03 Å². The van der Waals surface area contributed by atoms with Crippen LogP contribution in [0.15, 0.2) is 11.6 Å². The van der Waals surface area contributed by atoms with Crippen molar-refractivity contribution in [1.29, 1.82) is 0 Å². The van der Waals surface area contributed by atoms with Gasteiger partial charge in [0.25, 0.3) is 0 Å². The Morgan fingerprint density at radius 2 is 2.44 bits per heavy atom. The van der Waals surface area contributed by atoms with Crippen molar-refractivity contribution < 1.29 is 9.53 Å². The van der Waals surface area contributed by atoms with Gasteiger partial charge in [-0.15, -0.1) is 0 Å². The molecule has 4 nitrogen and oxygen atoms in total. The van der Waals surface area contributed by atoms with Crippen LogP contribution in [-0.4, -0.2) is 31.3 Å². The predicted octanol–water partition coefficient (Wildman–Crippen LogP) is 2.35. The third kappa shape index (κ3) is 4.02. The summed E-state index contributed by atoms with van der Waals surface area (Å²) >= 11 is 0. The van der Waals surface area contributed by atoms with Crippen LogP contribution in [0.1, 0.15) is 45.4 Å². The highest BCUT2D eigenvalue weighted by molar-refractivity contribution is 5.74. The van der Waals surface area contributed by atoms with E-state index >= 15 is 0 Å². The molecule has 0 aromatic carbocycles. The number of carbonyl (C=O) groups is 1. The molecule has 2 atom stereocenters. The first-order valence-corrected chi connectivity index (χ1v) is 7.09. The van der Waals surface area contributed by atoms with Crippen LogP contribution in [0.25, 0.3) is 0 Å². The second-order valence-electron chi connectivity index (χ2n) is 5.24. The molecule has 1 fully saturated rings. The smallest absolute Gasteiger partial charge is 0.315 e. The molecule has 0 radical (unpaired) electrons. The van der Waals surface area contributed by atoms with Gasteiger partial charge in [0.2, 0.25) is 0 Å². The number of nitrogens with one attached hydrogen (secondary N) is 2. The van der Waals surface area contributed by atoms with Gasteiger partial charge < -0.3 is 15.4 Å². The number of carbonyl (C=O) groups excluding carboxylic acids is 1. The molecule has 2 aliphatic rings. The van der Waals surface area contributed by atoms with Crippen molar-refractivity contribution in [3.63, 3.8) is 0 Å². The fraction of sp³-hybridized carbons (Fsp3) is 0.786. The van der Waals surface area contributed by atoms with E-state index in [0.717, 1.165) is 32.4 Å². The van der Waals surface area contributed by atoms with Gasteiger partial charge in [-0.3, -0.25) is 0 Å². The van der Waals surface area contributed by atoms with Gasteiger partial charge in [-0.25, -0.2) is 4.79 Å². The Bertz CT molecular complexity index is 309. The summed E-state index contributed by atoms with van der Waals surface area (Å²) in [6.45, 7) is 3.57. The molecule has 2 rings (SSSR count). The molecule has 0 bridgehead atoms. The number of ether oxygens (including phenoxy) is 1. The summed E-state index contributed by atoms with van der Waals surface area (Å²) in [5.41, 5.74) is 1.49. The third-order valence-electron chi connectivity index (χ3n) is 3.75. The lowest BCUT2D eigenvalue weighted by molar-refractivity contribution is 0.0860. The van der Waals surface area contributed by atoms with E-state index in [-0.39, 0.29) is 18.2 Å². The van der Waals surface area contributed by atoms with E-state index in [1.54, 1.807) is 0 Å². The first-order valence-electron chi connectivity index (χ1n) is 7.09. The van der Waals surface area contributed by atoms with Gasteiger partial charge in [-0.2, -0.15) is 0 Å². The largest absolute Gasteiger partial charge is 0.376 e. The average molecular weight is 252 g/mol. The predicted molar refractivity (Wildman–Crippen MR) is 71.5 cm³/mol. The monoisotopic (exact) mass is 252 g/mol. The van der Waals surface area contributed by atoms with Crippen molar-refractivity contribution in [2.75, 3.05) is 13.2 Å². The van der Waals surface area contributed by atoms with Crippen LogP contribution in [0.3, 0.4) is 0 Å². The summed E-state index contributed by atoms with van der Waals surface area (Å²) in [5, 5.41) is 5.87. The summed E-state index contributed by atoms with van der Waals surface area (Å²) in [7, 11) is 0. The molecule has 1 saturated heterocycles. The van der Waals surface area contributed by atoms with E-state index in [0.29, 0.717) is 0 Å². The number of hydrogen-bond donors (Lipinski definition) is 2. The highest BCUT2D eigenvalue weighted by Gasteiger charge is 2.23.